The lowest BCUT2D eigenvalue weighted by atomic mass is 11.0. The zero-order chi connectivity index (χ0) is 8.81. The number of hydrogen-bond acceptors (Lipinski definition) is 4. The monoisotopic (exact) mass is 240 g/mol. The average molecular weight is 241 g/mol. The summed E-state index contributed by atoms with van der Waals surface area (Å²) in [6.45, 7) is 0. The van der Waals surface area contributed by atoms with E-state index in [9.17, 15) is 0 Å². The van der Waals surface area contributed by atoms with Crippen molar-refractivity contribution in [1.29, 1.82) is 0 Å². The second kappa shape index (κ2) is 8.21. The number of rotatable bonds is 0. The highest BCUT2D eigenvalue weighted by molar-refractivity contribution is 4.94. The summed E-state index contributed by atoms with van der Waals surface area (Å²) in [4.78, 5) is 5.22. The molecule has 0 spiro atoms. The van der Waals surface area contributed by atoms with Gasteiger partial charge in [0.2, 0.25) is 0 Å². The fourth-order valence-corrected chi connectivity index (χ4v) is 0.515. The molecule has 6 N–H and O–H groups in total. The molecule has 8 heteroatoms. The number of oxazole rings is 2. The van der Waals surface area contributed by atoms with Crippen LogP contribution in [0, 0.1) is 0 Å². The van der Waals surface area contributed by atoms with Crippen molar-refractivity contribution in [2.45, 2.75) is 0 Å². The third-order valence-corrected chi connectivity index (χ3v) is 0.977. The minimum atomic E-state index is 0. The smallest absolute Gasteiger partial charge is 0.449 e. The zero-order valence-electron chi connectivity index (χ0n) is 7.04. The van der Waals surface area contributed by atoms with Gasteiger partial charge in [-0.05, 0) is 0 Å². The molecule has 0 atom stereocenters. The highest BCUT2D eigenvalue weighted by Crippen LogP contribution is 1.83. The van der Waals surface area contributed by atoms with Crippen LogP contribution in [0.15, 0.2) is 33.8 Å². The predicted molar refractivity (Wildman–Crippen MR) is 39.4 cm³/mol. The van der Waals surface area contributed by atoms with E-state index in [1.54, 1.807) is 12.4 Å². The highest BCUT2D eigenvalue weighted by Gasteiger charge is 1.87. The number of nitrogens with one attached hydrogen (secondary N) is 2. The predicted octanol–water partition coefficient (Wildman–Crippen LogP) is -6.64. The molecule has 0 saturated carbocycles. The van der Waals surface area contributed by atoms with Crippen molar-refractivity contribution in [3.8, 4) is 0 Å². The molecule has 0 bridgehead atoms. The van der Waals surface area contributed by atoms with Gasteiger partial charge in [0.25, 0.3) is 0 Å². The molecule has 0 fully saturated rings. The molecule has 0 aliphatic rings. The summed E-state index contributed by atoms with van der Waals surface area (Å²) in [6.07, 6.45) is 6.20. The number of nitrogens with two attached hydrogens (primary N) is 2. The van der Waals surface area contributed by atoms with Gasteiger partial charge < -0.3 is 33.6 Å². The maximum absolute atomic E-state index is 5.06. The van der Waals surface area contributed by atoms with Gasteiger partial charge >= 0.3 is 12.0 Å². The van der Waals surface area contributed by atoms with Crippen molar-refractivity contribution in [2.75, 3.05) is 11.5 Å². The summed E-state index contributed by atoms with van der Waals surface area (Å²) in [7, 11) is 0. The largest absolute Gasteiger partial charge is 1.00 e. The molecule has 0 unspecified atom stereocenters. The van der Waals surface area contributed by atoms with Crippen molar-refractivity contribution in [3.63, 3.8) is 0 Å². The molecule has 6 nitrogen and oxygen atoms in total. The molecular formula is C6H10Cl2N4O2. The number of hydrogen-bond donors (Lipinski definition) is 2. The van der Waals surface area contributed by atoms with E-state index >= 15 is 0 Å². The van der Waals surface area contributed by atoms with Gasteiger partial charge in [0.15, 0.2) is 0 Å². The van der Waals surface area contributed by atoms with E-state index in [0.29, 0.717) is 12.0 Å². The number of anilines is 2. The quantitative estimate of drug-likeness (QED) is 0.478. The summed E-state index contributed by atoms with van der Waals surface area (Å²) in [5.41, 5.74) is 10.1. The van der Waals surface area contributed by atoms with E-state index in [-0.39, 0.29) is 24.8 Å². The third kappa shape index (κ3) is 6.15. The van der Waals surface area contributed by atoms with E-state index < -0.39 is 0 Å². The molecule has 0 amide bonds. The molecule has 0 radical (unpaired) electrons. The summed E-state index contributed by atoms with van der Waals surface area (Å²) in [5.74, 6) is 0. The van der Waals surface area contributed by atoms with Crippen LogP contribution < -0.4 is 46.2 Å². The van der Waals surface area contributed by atoms with Gasteiger partial charge in [0, 0.05) is 0 Å². The second-order valence-electron chi connectivity index (χ2n) is 1.86. The lowest BCUT2D eigenvalue weighted by Crippen LogP contribution is -3.00. The Morgan fingerprint density at radius 3 is 1.29 bits per heavy atom. The van der Waals surface area contributed by atoms with Crippen LogP contribution in [0.3, 0.4) is 0 Å². The molecule has 0 aliphatic carbocycles. The van der Waals surface area contributed by atoms with Crippen LogP contribution in [0.2, 0.25) is 0 Å². The fourth-order valence-electron chi connectivity index (χ4n) is 0.515. The Morgan fingerprint density at radius 1 is 0.857 bits per heavy atom. The van der Waals surface area contributed by atoms with Gasteiger partial charge in [-0.15, -0.1) is 0 Å². The first-order chi connectivity index (χ1) is 5.79. The minimum Gasteiger partial charge on any atom is -1.00 e. The van der Waals surface area contributed by atoms with Gasteiger partial charge in [-0.1, -0.05) is 0 Å². The molecule has 14 heavy (non-hydrogen) atoms. The van der Waals surface area contributed by atoms with E-state index in [1.165, 1.54) is 12.5 Å². The van der Waals surface area contributed by atoms with Crippen molar-refractivity contribution < 1.29 is 43.6 Å². The molecule has 2 aromatic heterocycles. The number of nitrogen functional groups attached to an aromatic ring is 2. The zero-order valence-corrected chi connectivity index (χ0v) is 8.55. The van der Waals surface area contributed by atoms with E-state index in [2.05, 4.69) is 18.8 Å². The molecule has 0 aromatic carbocycles. The number of aromatic amines is 2. The van der Waals surface area contributed by atoms with Crippen LogP contribution in [-0.4, -0.2) is 0 Å². The molecule has 80 valence electrons. The SMILES string of the molecule is Nc1[nH+]cco1.Nc1[nH+]cco1.[Cl-].[Cl-]. The Bertz CT molecular complexity index is 265. The summed E-state index contributed by atoms with van der Waals surface area (Å²) in [5, 5.41) is 0. The third-order valence-electron chi connectivity index (χ3n) is 0.977. The van der Waals surface area contributed by atoms with Crippen molar-refractivity contribution in [2.24, 2.45) is 0 Å². The Balaban J connectivity index is 0. The lowest BCUT2D eigenvalue weighted by Gasteiger charge is -1.60. The first-order valence-corrected chi connectivity index (χ1v) is 3.20. The Kier molecular flexibility index (Phi) is 8.85. The topological polar surface area (TPSA) is 107 Å². The standard InChI is InChI=1S/2C3H4N2O.2ClH/c2*4-3-5-1-2-6-3;;/h2*1-2H,(H2,4,5);2*1H. The molecular weight excluding hydrogens is 231 g/mol. The van der Waals surface area contributed by atoms with Gasteiger partial charge in [-0.25, -0.2) is 9.97 Å². The first-order valence-electron chi connectivity index (χ1n) is 3.20. The normalized spacial score (nSPS) is 7.43. The molecule has 0 aliphatic heterocycles. The van der Waals surface area contributed by atoms with E-state index in [0.717, 1.165) is 0 Å². The van der Waals surface area contributed by atoms with Crippen molar-refractivity contribution in [3.05, 3.63) is 24.9 Å². The molecule has 2 rings (SSSR count). The average Bonchev–Trinajstić information content (AvgIpc) is 2.63. The van der Waals surface area contributed by atoms with Gasteiger partial charge in [0.05, 0.1) is 0 Å². The van der Waals surface area contributed by atoms with Crippen LogP contribution in [0.4, 0.5) is 12.0 Å². The van der Waals surface area contributed by atoms with Crippen molar-refractivity contribution in [1.82, 2.24) is 0 Å². The second-order valence-corrected chi connectivity index (χ2v) is 1.86. The number of H-pyrrole nitrogens is 2. The van der Waals surface area contributed by atoms with Crippen molar-refractivity contribution >= 4 is 12.0 Å². The van der Waals surface area contributed by atoms with E-state index in [1.807, 2.05) is 0 Å². The van der Waals surface area contributed by atoms with Gasteiger partial charge in [-0.2, -0.15) is 0 Å². The summed E-state index contributed by atoms with van der Waals surface area (Å²) < 4.78 is 9.11. The Labute approximate surface area is 92.5 Å². The summed E-state index contributed by atoms with van der Waals surface area (Å²) in [6, 6.07) is 0.685. The van der Waals surface area contributed by atoms with Crippen LogP contribution >= 0.6 is 0 Å². The number of halogens is 2. The summed E-state index contributed by atoms with van der Waals surface area (Å²) >= 11 is 0. The highest BCUT2D eigenvalue weighted by atomic mass is 35.5. The molecule has 2 aromatic rings. The van der Waals surface area contributed by atoms with E-state index in [4.69, 9.17) is 11.5 Å². The van der Waals surface area contributed by atoms with Crippen LogP contribution in [0.1, 0.15) is 0 Å². The Hall–Kier alpha value is -1.40. The lowest BCUT2D eigenvalue weighted by molar-refractivity contribution is -0.364. The maximum Gasteiger partial charge on any atom is 0.449 e. The molecule has 0 saturated heterocycles. The van der Waals surface area contributed by atoms with Gasteiger partial charge in [0.1, 0.15) is 24.9 Å². The Morgan fingerprint density at radius 2 is 1.21 bits per heavy atom. The maximum atomic E-state index is 5.06. The van der Waals surface area contributed by atoms with Crippen LogP contribution in [0.5, 0.6) is 0 Å². The van der Waals surface area contributed by atoms with Crippen LogP contribution in [0.25, 0.3) is 0 Å². The fraction of sp³-hybridized carbons (Fsp3) is 0. The minimum absolute atomic E-state index is 0. The molecule has 2 heterocycles. The van der Waals surface area contributed by atoms with Gasteiger partial charge in [-0.3, -0.25) is 11.5 Å². The van der Waals surface area contributed by atoms with Crippen LogP contribution in [-0.2, 0) is 0 Å². The first kappa shape index (κ1) is 15.1. The number of aromatic nitrogens is 2.